The molecule has 1 N–H and O–H groups in total. The Hall–Kier alpha value is -4.76. The number of anilines is 1. The van der Waals surface area contributed by atoms with Gasteiger partial charge in [-0.15, -0.1) is 0 Å². The second kappa shape index (κ2) is 10.5. The molecular weight excluding hydrogens is 472 g/mol. The van der Waals surface area contributed by atoms with Gasteiger partial charge in [0, 0.05) is 12.1 Å². The highest BCUT2D eigenvalue weighted by molar-refractivity contribution is 6.22. The Kier molecular flexibility index (Phi) is 6.78. The molecule has 0 aliphatic carbocycles. The first-order chi connectivity index (χ1) is 18.0. The van der Waals surface area contributed by atoms with Gasteiger partial charge < -0.3 is 14.4 Å². The zero-order chi connectivity index (χ0) is 25.8. The van der Waals surface area contributed by atoms with Crippen molar-refractivity contribution in [3.63, 3.8) is 0 Å². The van der Waals surface area contributed by atoms with Crippen LogP contribution in [-0.4, -0.2) is 30.2 Å². The third-order valence-corrected chi connectivity index (χ3v) is 6.10. The van der Waals surface area contributed by atoms with Crippen LogP contribution >= 0.6 is 0 Å². The first kappa shape index (κ1) is 24.0. The van der Waals surface area contributed by atoms with Crippen molar-refractivity contribution in [2.24, 2.45) is 0 Å². The molecule has 0 radical (unpaired) electrons. The molecule has 4 aromatic rings. The first-order valence-corrected chi connectivity index (χ1v) is 11.7. The van der Waals surface area contributed by atoms with E-state index in [0.29, 0.717) is 17.1 Å². The predicted octanol–water partition coefficient (Wildman–Crippen LogP) is 2.63. The van der Waals surface area contributed by atoms with E-state index in [0.717, 1.165) is 11.1 Å². The van der Waals surface area contributed by atoms with Crippen LogP contribution in [-0.2, 0) is 16.1 Å². The van der Waals surface area contributed by atoms with Crippen LogP contribution in [0.15, 0.2) is 83.4 Å². The fourth-order valence-electron chi connectivity index (χ4n) is 4.11. The predicted molar refractivity (Wildman–Crippen MR) is 134 cm³/mol. The van der Waals surface area contributed by atoms with Gasteiger partial charge in [0.2, 0.25) is 11.6 Å². The summed E-state index contributed by atoms with van der Waals surface area (Å²) < 4.78 is 11.4. The fraction of sp³-hybridized carbons (Fsp3) is 0.143. The number of benzene rings is 3. The molecule has 1 aliphatic heterocycles. The maximum atomic E-state index is 13.1. The maximum Gasteiger partial charge on any atom is 0.253 e. The standard InChI is InChI=1S/C28H24N4O5/c1-36-23-15-13-22(14-16-23)32-25(28(35)37-30-32)18-29-24-17-26(33)31(27(24)34)21-11-9-20(10-12-21)8-7-19-5-3-2-4-6-19/h2-16,24,29H,17-18H2,1H3/b8-7+. The van der Waals surface area contributed by atoms with Crippen LogP contribution in [0.2, 0.25) is 0 Å². The minimum Gasteiger partial charge on any atom is -0.539 e. The molecule has 5 rings (SSSR count). The number of rotatable bonds is 8. The summed E-state index contributed by atoms with van der Waals surface area (Å²) in [6.45, 7) is -0.00485. The summed E-state index contributed by atoms with van der Waals surface area (Å²) in [7, 11) is 1.56. The lowest BCUT2D eigenvalue weighted by Crippen LogP contribution is -2.43. The molecule has 9 nitrogen and oxygen atoms in total. The highest BCUT2D eigenvalue weighted by Gasteiger charge is 2.40. The van der Waals surface area contributed by atoms with Crippen LogP contribution in [0.25, 0.3) is 17.8 Å². The van der Waals surface area contributed by atoms with E-state index in [1.807, 2.05) is 54.6 Å². The Morgan fingerprint density at radius 3 is 2.38 bits per heavy atom. The topological polar surface area (TPSA) is 112 Å². The van der Waals surface area contributed by atoms with Gasteiger partial charge in [-0.2, -0.15) is 0 Å². The van der Waals surface area contributed by atoms with E-state index >= 15 is 0 Å². The Morgan fingerprint density at radius 2 is 1.70 bits per heavy atom. The number of aromatic nitrogens is 2. The molecule has 1 unspecified atom stereocenters. The lowest BCUT2D eigenvalue weighted by molar-refractivity contribution is -0.677. The molecule has 0 bridgehead atoms. The van der Waals surface area contributed by atoms with E-state index in [1.165, 1.54) is 9.58 Å². The molecule has 3 aromatic carbocycles. The maximum absolute atomic E-state index is 13.1. The van der Waals surface area contributed by atoms with Crippen molar-refractivity contribution in [1.29, 1.82) is 0 Å². The molecular formula is C28H24N4O5. The number of imide groups is 1. The minimum atomic E-state index is -0.774. The van der Waals surface area contributed by atoms with Crippen molar-refractivity contribution in [2.75, 3.05) is 12.0 Å². The quantitative estimate of drug-likeness (QED) is 0.227. The minimum absolute atomic E-state index is 0.00485. The van der Waals surface area contributed by atoms with E-state index in [9.17, 15) is 14.7 Å². The number of hydrogen-bond acceptors (Lipinski definition) is 7. The van der Waals surface area contributed by atoms with Crippen LogP contribution in [0.1, 0.15) is 23.2 Å². The molecule has 1 fully saturated rings. The molecule has 9 heteroatoms. The van der Waals surface area contributed by atoms with Crippen molar-refractivity contribution in [3.05, 3.63) is 95.7 Å². The van der Waals surface area contributed by atoms with Crippen LogP contribution < -0.4 is 24.7 Å². The fourth-order valence-corrected chi connectivity index (χ4v) is 4.11. The second-order valence-electron chi connectivity index (χ2n) is 8.46. The third-order valence-electron chi connectivity index (χ3n) is 6.10. The Balaban J connectivity index is 1.26. The largest absolute Gasteiger partial charge is 0.539 e. The van der Waals surface area contributed by atoms with Gasteiger partial charge in [0.1, 0.15) is 5.75 Å². The summed E-state index contributed by atoms with van der Waals surface area (Å²) in [5, 5.41) is 19.1. The molecule has 1 aromatic heterocycles. The smallest absolute Gasteiger partial charge is 0.253 e. The van der Waals surface area contributed by atoms with Gasteiger partial charge >= 0.3 is 0 Å². The van der Waals surface area contributed by atoms with Gasteiger partial charge in [-0.3, -0.25) is 14.9 Å². The van der Waals surface area contributed by atoms with E-state index in [2.05, 4.69) is 10.6 Å². The number of ether oxygens (including phenoxy) is 1. The van der Waals surface area contributed by atoms with Gasteiger partial charge in [0.25, 0.3) is 11.6 Å². The van der Waals surface area contributed by atoms with Crippen LogP contribution in [0.4, 0.5) is 5.69 Å². The molecule has 1 aliphatic rings. The SMILES string of the molecule is COc1ccc(-[n+]2noc([O-])c2CNC2CC(=O)N(c3ccc(/C=C/c4ccccc4)cc3)C2=O)cc1. The summed E-state index contributed by atoms with van der Waals surface area (Å²) in [5.41, 5.74) is 3.32. The number of nitrogens with zero attached hydrogens (tertiary/aromatic N) is 3. The molecule has 0 saturated carbocycles. The molecule has 0 spiro atoms. The van der Waals surface area contributed by atoms with Gasteiger partial charge in [-0.1, -0.05) is 54.6 Å². The summed E-state index contributed by atoms with van der Waals surface area (Å²) in [6.07, 6.45) is 3.94. The lowest BCUT2D eigenvalue weighted by atomic mass is 10.1. The van der Waals surface area contributed by atoms with Crippen LogP contribution in [0.3, 0.4) is 0 Å². The summed E-state index contributed by atoms with van der Waals surface area (Å²) >= 11 is 0. The number of amides is 2. The number of methoxy groups -OCH3 is 1. The summed E-state index contributed by atoms with van der Waals surface area (Å²) in [4.78, 5) is 27.0. The van der Waals surface area contributed by atoms with Gasteiger partial charge in [0.15, 0.2) is 5.95 Å². The van der Waals surface area contributed by atoms with Gasteiger partial charge in [-0.25, -0.2) is 4.90 Å². The zero-order valence-corrected chi connectivity index (χ0v) is 20.0. The van der Waals surface area contributed by atoms with Gasteiger partial charge in [-0.05, 0) is 40.1 Å². The number of nitrogens with one attached hydrogen (secondary N) is 1. The molecule has 1 saturated heterocycles. The Labute approximate surface area is 213 Å². The Morgan fingerprint density at radius 1 is 1.03 bits per heavy atom. The highest BCUT2D eigenvalue weighted by Crippen LogP contribution is 2.24. The van der Waals surface area contributed by atoms with Crippen molar-refractivity contribution in [2.45, 2.75) is 19.0 Å². The zero-order valence-electron chi connectivity index (χ0n) is 20.0. The normalized spacial score (nSPS) is 15.6. The van der Waals surface area contributed by atoms with Gasteiger partial charge in [0.05, 0.1) is 37.1 Å². The van der Waals surface area contributed by atoms with Crippen LogP contribution in [0, 0.1) is 0 Å². The van der Waals surface area contributed by atoms with E-state index in [-0.39, 0.29) is 30.5 Å². The molecule has 1 atom stereocenters. The van der Waals surface area contributed by atoms with E-state index in [4.69, 9.17) is 9.26 Å². The van der Waals surface area contributed by atoms with Crippen molar-refractivity contribution in [1.82, 2.24) is 10.6 Å². The average Bonchev–Trinajstić information content (AvgIpc) is 3.44. The Bertz CT molecular complexity index is 1430. The van der Waals surface area contributed by atoms with Crippen molar-refractivity contribution in [3.8, 4) is 17.4 Å². The summed E-state index contributed by atoms with van der Waals surface area (Å²) in [5.74, 6) is -0.662. The van der Waals surface area contributed by atoms with E-state index in [1.54, 1.807) is 43.5 Å². The van der Waals surface area contributed by atoms with Crippen molar-refractivity contribution < 1.29 is 28.6 Å². The lowest BCUT2D eigenvalue weighted by Gasteiger charge is -2.15. The first-order valence-electron chi connectivity index (χ1n) is 11.7. The highest BCUT2D eigenvalue weighted by atomic mass is 16.6. The molecule has 186 valence electrons. The van der Waals surface area contributed by atoms with Crippen LogP contribution in [0.5, 0.6) is 11.7 Å². The summed E-state index contributed by atoms with van der Waals surface area (Å²) in [6, 6.07) is 23.3. The number of hydrogen-bond donors (Lipinski definition) is 1. The molecule has 2 heterocycles. The molecule has 37 heavy (non-hydrogen) atoms. The number of carbonyl (C=O) groups is 2. The third kappa shape index (κ3) is 5.12. The monoisotopic (exact) mass is 496 g/mol. The van der Waals surface area contributed by atoms with Crippen molar-refractivity contribution >= 4 is 29.7 Å². The second-order valence-corrected chi connectivity index (χ2v) is 8.46. The average molecular weight is 497 g/mol. The molecule has 2 amide bonds. The van der Waals surface area contributed by atoms with E-state index < -0.39 is 12.0 Å². The number of carbonyl (C=O) groups excluding carboxylic acids is 2.